The summed E-state index contributed by atoms with van der Waals surface area (Å²) in [5, 5.41) is 4.87. The highest BCUT2D eigenvalue weighted by atomic mass is 16.1. The highest BCUT2D eigenvalue weighted by Crippen LogP contribution is 2.28. The number of hydrogen-bond acceptors (Lipinski definition) is 1. The summed E-state index contributed by atoms with van der Waals surface area (Å²) < 4.78 is 0. The number of hydrogen-bond donors (Lipinski definition) is 0. The van der Waals surface area contributed by atoms with Crippen LogP contribution in [0.25, 0.3) is 33.7 Å². The van der Waals surface area contributed by atoms with Gasteiger partial charge in [0.15, 0.2) is 5.78 Å². The first-order valence-corrected chi connectivity index (χ1v) is 10.7. The molecule has 1 aliphatic rings. The van der Waals surface area contributed by atoms with Crippen LogP contribution in [0.2, 0.25) is 0 Å². The van der Waals surface area contributed by atoms with Gasteiger partial charge < -0.3 is 0 Å². The van der Waals surface area contributed by atoms with Gasteiger partial charge in [0.1, 0.15) is 0 Å². The number of ketones is 1. The largest absolute Gasteiger partial charge is 0.289 e. The Hall–Kier alpha value is -3.45. The SMILES string of the molecule is O=C1C(=Cc2ccc3ccccc3c2)CCCCC1=Cc1ccc2ccccc2c1. The summed E-state index contributed by atoms with van der Waals surface area (Å²) in [6.07, 6.45) is 7.99. The summed E-state index contributed by atoms with van der Waals surface area (Å²) >= 11 is 0. The number of fused-ring (bicyclic) bond motifs is 2. The molecule has 0 aliphatic heterocycles. The molecule has 0 atom stereocenters. The Balaban J connectivity index is 1.49. The van der Waals surface area contributed by atoms with Gasteiger partial charge in [0.05, 0.1) is 0 Å². The monoisotopic (exact) mass is 388 g/mol. The van der Waals surface area contributed by atoms with E-state index in [1.807, 2.05) is 0 Å². The van der Waals surface area contributed by atoms with Gasteiger partial charge >= 0.3 is 0 Å². The zero-order chi connectivity index (χ0) is 20.3. The van der Waals surface area contributed by atoms with Gasteiger partial charge in [-0.15, -0.1) is 0 Å². The molecule has 0 aromatic heterocycles. The third-order valence-corrected chi connectivity index (χ3v) is 5.95. The maximum absolute atomic E-state index is 13.3. The first kappa shape index (κ1) is 18.6. The van der Waals surface area contributed by atoms with Crippen LogP contribution in [0.15, 0.2) is 96.1 Å². The van der Waals surface area contributed by atoms with Crippen molar-refractivity contribution in [3.8, 4) is 0 Å². The van der Waals surface area contributed by atoms with Gasteiger partial charge in [0, 0.05) is 11.1 Å². The van der Waals surface area contributed by atoms with E-state index in [1.165, 1.54) is 21.5 Å². The van der Waals surface area contributed by atoms with Crippen molar-refractivity contribution >= 4 is 39.5 Å². The van der Waals surface area contributed by atoms with E-state index in [1.54, 1.807) is 0 Å². The first-order chi connectivity index (χ1) is 14.8. The fourth-order valence-electron chi connectivity index (χ4n) is 4.34. The van der Waals surface area contributed by atoms with Crippen molar-refractivity contribution < 1.29 is 4.79 Å². The molecular weight excluding hydrogens is 364 g/mol. The predicted octanol–water partition coefficient (Wildman–Crippen LogP) is 7.60. The van der Waals surface area contributed by atoms with E-state index < -0.39 is 0 Å². The maximum Gasteiger partial charge on any atom is 0.185 e. The van der Waals surface area contributed by atoms with Crippen molar-refractivity contribution in [3.63, 3.8) is 0 Å². The summed E-state index contributed by atoms with van der Waals surface area (Å²) in [7, 11) is 0. The van der Waals surface area contributed by atoms with Crippen LogP contribution >= 0.6 is 0 Å². The van der Waals surface area contributed by atoms with Crippen LogP contribution < -0.4 is 0 Å². The molecule has 0 unspecified atom stereocenters. The topological polar surface area (TPSA) is 17.1 Å². The quantitative estimate of drug-likeness (QED) is 0.255. The lowest BCUT2D eigenvalue weighted by Crippen LogP contribution is -2.04. The van der Waals surface area contributed by atoms with Crippen molar-refractivity contribution in [2.45, 2.75) is 25.7 Å². The van der Waals surface area contributed by atoms with E-state index in [-0.39, 0.29) is 5.78 Å². The predicted molar refractivity (Wildman–Crippen MR) is 127 cm³/mol. The molecule has 0 amide bonds. The third-order valence-electron chi connectivity index (χ3n) is 5.95. The van der Waals surface area contributed by atoms with Gasteiger partial charge in [-0.2, -0.15) is 0 Å². The number of carbonyl (C=O) groups excluding carboxylic acids is 1. The molecule has 0 saturated heterocycles. The van der Waals surface area contributed by atoms with Crippen LogP contribution in [0.3, 0.4) is 0 Å². The smallest absolute Gasteiger partial charge is 0.185 e. The molecular formula is C29H24O. The summed E-state index contributed by atoms with van der Waals surface area (Å²) in [6, 6.07) is 29.5. The molecule has 0 heterocycles. The highest BCUT2D eigenvalue weighted by Gasteiger charge is 2.19. The Morgan fingerprint density at radius 3 is 1.43 bits per heavy atom. The third kappa shape index (κ3) is 3.84. The lowest BCUT2D eigenvalue weighted by Gasteiger charge is -2.07. The van der Waals surface area contributed by atoms with Crippen LogP contribution in [0.1, 0.15) is 36.8 Å². The molecule has 4 aromatic carbocycles. The van der Waals surface area contributed by atoms with Gasteiger partial charge in [-0.1, -0.05) is 72.8 Å². The zero-order valence-electron chi connectivity index (χ0n) is 17.0. The van der Waals surface area contributed by atoms with E-state index in [2.05, 4.69) is 97.1 Å². The second-order valence-corrected chi connectivity index (χ2v) is 8.09. The number of allylic oxidation sites excluding steroid dienone is 2. The number of rotatable bonds is 2. The van der Waals surface area contributed by atoms with E-state index >= 15 is 0 Å². The van der Waals surface area contributed by atoms with E-state index in [4.69, 9.17) is 0 Å². The number of Topliss-reactive ketones (excluding diaryl/α,β-unsaturated/α-hetero) is 1. The summed E-state index contributed by atoms with van der Waals surface area (Å²) in [6.45, 7) is 0. The standard InChI is InChI=1S/C29H24O/c30-29-27(19-21-13-15-23-7-1-3-9-25(23)17-21)11-5-6-12-28(29)20-22-14-16-24-8-2-4-10-26(24)18-22/h1-4,7-10,13-20H,5-6,11-12H2. The second kappa shape index (κ2) is 8.12. The Kier molecular flexibility index (Phi) is 5.03. The van der Waals surface area contributed by atoms with Gasteiger partial charge in [-0.3, -0.25) is 4.79 Å². The van der Waals surface area contributed by atoms with Gasteiger partial charge in [0.25, 0.3) is 0 Å². The van der Waals surface area contributed by atoms with Gasteiger partial charge in [0.2, 0.25) is 0 Å². The van der Waals surface area contributed by atoms with Crippen LogP contribution in [-0.2, 0) is 4.79 Å². The molecule has 0 radical (unpaired) electrons. The molecule has 1 nitrogen and oxygen atoms in total. The molecule has 4 aromatic rings. The van der Waals surface area contributed by atoms with Gasteiger partial charge in [-0.25, -0.2) is 0 Å². The van der Waals surface area contributed by atoms with Crippen molar-refractivity contribution in [1.29, 1.82) is 0 Å². The molecule has 0 bridgehead atoms. The van der Waals surface area contributed by atoms with Crippen LogP contribution in [0.5, 0.6) is 0 Å². The molecule has 5 rings (SSSR count). The normalized spacial score (nSPS) is 17.7. The molecule has 1 saturated carbocycles. The summed E-state index contributed by atoms with van der Waals surface area (Å²) in [4.78, 5) is 13.3. The second-order valence-electron chi connectivity index (χ2n) is 8.09. The lowest BCUT2D eigenvalue weighted by molar-refractivity contribution is -0.112. The molecule has 146 valence electrons. The fourth-order valence-corrected chi connectivity index (χ4v) is 4.34. The average Bonchev–Trinajstić information content (AvgIpc) is 2.95. The molecule has 1 aliphatic carbocycles. The molecule has 0 spiro atoms. The Labute approximate surface area is 177 Å². The van der Waals surface area contributed by atoms with Crippen molar-refractivity contribution in [1.82, 2.24) is 0 Å². The highest BCUT2D eigenvalue weighted by molar-refractivity contribution is 6.13. The van der Waals surface area contributed by atoms with Gasteiger partial charge in [-0.05, 0) is 82.6 Å². The Morgan fingerprint density at radius 1 is 0.533 bits per heavy atom. The fraction of sp³-hybridized carbons (Fsp3) is 0.138. The van der Waals surface area contributed by atoms with E-state index in [0.717, 1.165) is 48.0 Å². The van der Waals surface area contributed by atoms with Crippen LogP contribution in [0.4, 0.5) is 0 Å². The minimum Gasteiger partial charge on any atom is -0.289 e. The minimum atomic E-state index is 0.203. The summed E-state index contributed by atoms with van der Waals surface area (Å²) in [5.74, 6) is 0.203. The van der Waals surface area contributed by atoms with Crippen molar-refractivity contribution in [3.05, 3.63) is 107 Å². The minimum absolute atomic E-state index is 0.203. The Bertz CT molecular complexity index is 1210. The van der Waals surface area contributed by atoms with Crippen molar-refractivity contribution in [2.24, 2.45) is 0 Å². The van der Waals surface area contributed by atoms with Crippen LogP contribution in [0, 0.1) is 0 Å². The molecule has 30 heavy (non-hydrogen) atoms. The maximum atomic E-state index is 13.3. The molecule has 0 N–H and O–H groups in total. The molecule has 1 heteroatoms. The van der Waals surface area contributed by atoms with E-state index in [9.17, 15) is 4.79 Å². The summed E-state index contributed by atoms with van der Waals surface area (Å²) in [5.41, 5.74) is 4.05. The number of benzene rings is 4. The van der Waals surface area contributed by atoms with Crippen molar-refractivity contribution in [2.75, 3.05) is 0 Å². The number of carbonyl (C=O) groups is 1. The average molecular weight is 389 g/mol. The lowest BCUT2D eigenvalue weighted by atomic mass is 9.96. The zero-order valence-corrected chi connectivity index (χ0v) is 17.0. The Morgan fingerprint density at radius 2 is 0.967 bits per heavy atom. The first-order valence-electron chi connectivity index (χ1n) is 10.7. The van der Waals surface area contributed by atoms with Crippen LogP contribution in [-0.4, -0.2) is 5.78 Å². The van der Waals surface area contributed by atoms with E-state index in [0.29, 0.717) is 0 Å². The molecule has 1 fully saturated rings.